The van der Waals surface area contributed by atoms with Gasteiger partial charge in [0.2, 0.25) is 0 Å². The van der Waals surface area contributed by atoms with Gasteiger partial charge < -0.3 is 19.2 Å². The minimum Gasteiger partial charge on any atom is -0.469 e. The van der Waals surface area contributed by atoms with Gasteiger partial charge in [0, 0.05) is 54.5 Å². The van der Waals surface area contributed by atoms with Crippen LogP contribution in [0.5, 0.6) is 0 Å². The first-order valence-corrected chi connectivity index (χ1v) is 10.6. The molecule has 0 radical (unpaired) electrons. The predicted molar refractivity (Wildman–Crippen MR) is 117 cm³/mol. The van der Waals surface area contributed by atoms with E-state index in [9.17, 15) is 19.7 Å². The van der Waals surface area contributed by atoms with Gasteiger partial charge >= 0.3 is 5.97 Å². The second kappa shape index (κ2) is 9.41. The van der Waals surface area contributed by atoms with Crippen LogP contribution < -0.4 is 5.32 Å². The van der Waals surface area contributed by atoms with Gasteiger partial charge in [0.1, 0.15) is 12.4 Å². The van der Waals surface area contributed by atoms with Crippen molar-refractivity contribution < 1.29 is 28.4 Å². The van der Waals surface area contributed by atoms with Crippen LogP contribution in [0.1, 0.15) is 42.9 Å². The van der Waals surface area contributed by atoms with E-state index in [1.807, 2.05) is 6.07 Å². The Morgan fingerprint density at radius 1 is 1.21 bits per heavy atom. The number of dihydropyridines is 1. The van der Waals surface area contributed by atoms with E-state index in [-0.39, 0.29) is 37.0 Å². The maximum Gasteiger partial charge on any atom is 0.336 e. The summed E-state index contributed by atoms with van der Waals surface area (Å²) in [5.74, 6) is -0.743. The number of furan rings is 1. The Balaban J connectivity index is 1.76. The lowest BCUT2D eigenvalue weighted by molar-refractivity contribution is -0.384. The number of Topliss-reactive ketones (excluding diaryl/α,β-unsaturated/α-hetero) is 1. The summed E-state index contributed by atoms with van der Waals surface area (Å²) < 4.78 is 15.9. The summed E-state index contributed by atoms with van der Waals surface area (Å²) in [4.78, 5) is 37.1. The number of carbonyl (C=O) groups is 2. The summed E-state index contributed by atoms with van der Waals surface area (Å²) in [5.41, 5.74) is 2.63. The first-order valence-electron chi connectivity index (χ1n) is 10.6. The first kappa shape index (κ1) is 22.5. The fourth-order valence-corrected chi connectivity index (χ4v) is 4.45. The summed E-state index contributed by atoms with van der Waals surface area (Å²) in [6.45, 7) is 2.07. The lowest BCUT2D eigenvalue weighted by Gasteiger charge is -2.36. The summed E-state index contributed by atoms with van der Waals surface area (Å²) in [7, 11) is 1.51. The van der Waals surface area contributed by atoms with Crippen molar-refractivity contribution in [2.75, 3.05) is 20.3 Å². The maximum atomic E-state index is 13.4. The molecule has 1 aromatic heterocycles. The van der Waals surface area contributed by atoms with Gasteiger partial charge in [-0.25, -0.2) is 4.79 Å². The van der Waals surface area contributed by atoms with Crippen molar-refractivity contribution in [3.05, 3.63) is 86.6 Å². The summed E-state index contributed by atoms with van der Waals surface area (Å²) in [6, 6.07) is 9.55. The van der Waals surface area contributed by atoms with Gasteiger partial charge in [0.05, 0.1) is 23.4 Å². The summed E-state index contributed by atoms with van der Waals surface area (Å²) in [5, 5.41) is 14.4. The molecule has 9 nitrogen and oxygen atoms in total. The molecule has 1 aromatic carbocycles. The molecule has 33 heavy (non-hydrogen) atoms. The number of hydrogen-bond donors (Lipinski definition) is 1. The topological polar surface area (TPSA) is 121 Å². The lowest BCUT2D eigenvalue weighted by Crippen LogP contribution is -2.36. The molecule has 0 amide bonds. The molecule has 172 valence electrons. The van der Waals surface area contributed by atoms with Crippen molar-refractivity contribution in [1.82, 2.24) is 5.32 Å². The second-order valence-electron chi connectivity index (χ2n) is 8.01. The third kappa shape index (κ3) is 4.45. The molecular weight excluding hydrogens is 428 g/mol. The minimum absolute atomic E-state index is 0.0690. The van der Waals surface area contributed by atoms with Crippen molar-refractivity contribution in [1.29, 1.82) is 0 Å². The minimum atomic E-state index is -0.692. The zero-order chi connectivity index (χ0) is 23.5. The Hall–Kier alpha value is -3.72. The molecule has 1 aliphatic heterocycles. The van der Waals surface area contributed by atoms with Crippen molar-refractivity contribution in [3.8, 4) is 0 Å². The molecule has 1 N–H and O–H groups in total. The number of benzene rings is 1. The number of nitrogens with zero attached hydrogens (tertiary/aromatic N) is 1. The molecule has 9 heteroatoms. The SMILES string of the molecule is COCCOC(=O)C1=C(C)NC2=C(C(=O)C[C@@H](c3ccco3)C2)[C@@H]1c1ccc([N+](=O)[O-])cc1. The molecule has 0 fully saturated rings. The monoisotopic (exact) mass is 452 g/mol. The van der Waals surface area contributed by atoms with Gasteiger partial charge in [-0.3, -0.25) is 14.9 Å². The van der Waals surface area contributed by atoms with Crippen molar-refractivity contribution in [3.63, 3.8) is 0 Å². The van der Waals surface area contributed by atoms with Gasteiger partial charge in [-0.1, -0.05) is 12.1 Å². The fourth-order valence-electron chi connectivity index (χ4n) is 4.45. The fraction of sp³-hybridized carbons (Fsp3) is 0.333. The zero-order valence-corrected chi connectivity index (χ0v) is 18.3. The normalized spacial score (nSPS) is 20.4. The van der Waals surface area contributed by atoms with Crippen LogP contribution in [0.25, 0.3) is 0 Å². The molecule has 2 aromatic rings. The maximum absolute atomic E-state index is 13.4. The number of non-ortho nitro benzene ring substituents is 1. The quantitative estimate of drug-likeness (QED) is 0.292. The largest absolute Gasteiger partial charge is 0.469 e. The van der Waals surface area contributed by atoms with Gasteiger partial charge in [-0.2, -0.15) is 0 Å². The van der Waals surface area contributed by atoms with Crippen LogP contribution in [-0.2, 0) is 19.1 Å². The second-order valence-corrected chi connectivity index (χ2v) is 8.01. The highest BCUT2D eigenvalue weighted by Crippen LogP contribution is 2.45. The summed E-state index contributed by atoms with van der Waals surface area (Å²) in [6.07, 6.45) is 2.36. The van der Waals surface area contributed by atoms with Crippen LogP contribution in [-0.4, -0.2) is 37.0 Å². The Bertz CT molecular complexity index is 1130. The van der Waals surface area contributed by atoms with E-state index in [0.717, 1.165) is 11.5 Å². The highest BCUT2D eigenvalue weighted by Gasteiger charge is 2.42. The Labute approximate surface area is 190 Å². The van der Waals surface area contributed by atoms with Gasteiger partial charge in [0.15, 0.2) is 5.78 Å². The molecule has 0 saturated carbocycles. The van der Waals surface area contributed by atoms with Crippen LogP contribution >= 0.6 is 0 Å². The molecule has 0 saturated heterocycles. The lowest BCUT2D eigenvalue weighted by atomic mass is 9.72. The van der Waals surface area contributed by atoms with Crippen LogP contribution in [0.2, 0.25) is 0 Å². The molecule has 0 bridgehead atoms. The zero-order valence-electron chi connectivity index (χ0n) is 18.3. The van der Waals surface area contributed by atoms with E-state index in [0.29, 0.717) is 28.8 Å². The third-order valence-corrected chi connectivity index (χ3v) is 5.95. The van der Waals surface area contributed by atoms with Crippen LogP contribution in [0.3, 0.4) is 0 Å². The van der Waals surface area contributed by atoms with Crippen molar-refractivity contribution >= 4 is 17.4 Å². The number of methoxy groups -OCH3 is 1. The predicted octanol–water partition coefficient (Wildman–Crippen LogP) is 3.74. The Morgan fingerprint density at radius 3 is 2.61 bits per heavy atom. The Morgan fingerprint density at radius 2 is 1.97 bits per heavy atom. The molecular formula is C24H24N2O7. The van der Waals surface area contributed by atoms with E-state index < -0.39 is 16.8 Å². The van der Waals surface area contributed by atoms with Crippen LogP contribution in [0.15, 0.2) is 69.6 Å². The molecule has 2 heterocycles. The molecule has 0 spiro atoms. The van der Waals surface area contributed by atoms with E-state index in [4.69, 9.17) is 13.9 Å². The number of ketones is 1. The number of allylic oxidation sites excluding steroid dienone is 3. The third-order valence-electron chi connectivity index (χ3n) is 5.95. The first-order chi connectivity index (χ1) is 15.9. The van der Waals surface area contributed by atoms with Gasteiger partial charge in [0.25, 0.3) is 5.69 Å². The molecule has 4 rings (SSSR count). The van der Waals surface area contributed by atoms with Crippen molar-refractivity contribution in [2.45, 2.75) is 31.6 Å². The standard InChI is InChI=1S/C24H24N2O7/c1-14-21(24(28)33-11-10-31-2)22(15-5-7-17(8-6-15)26(29)30)23-18(25-14)12-16(13-19(23)27)20-4-3-9-32-20/h3-9,16,22,25H,10-13H2,1-2H3/t16-,22+/m0/s1. The number of rotatable bonds is 7. The number of nitro benzene ring substituents is 1. The molecule has 1 aliphatic carbocycles. The van der Waals surface area contributed by atoms with E-state index >= 15 is 0 Å². The molecule has 2 atom stereocenters. The number of ether oxygens (including phenoxy) is 2. The average molecular weight is 452 g/mol. The van der Waals surface area contributed by atoms with E-state index in [1.165, 1.54) is 19.2 Å². The van der Waals surface area contributed by atoms with E-state index in [2.05, 4.69) is 5.32 Å². The number of carbonyl (C=O) groups excluding carboxylic acids is 2. The van der Waals surface area contributed by atoms with Crippen LogP contribution in [0.4, 0.5) is 5.69 Å². The highest BCUT2D eigenvalue weighted by atomic mass is 16.6. The number of hydrogen-bond acceptors (Lipinski definition) is 8. The van der Waals surface area contributed by atoms with E-state index in [1.54, 1.807) is 31.4 Å². The van der Waals surface area contributed by atoms with Crippen LogP contribution in [0, 0.1) is 10.1 Å². The number of nitro groups is 1. The van der Waals surface area contributed by atoms with Gasteiger partial charge in [-0.05, 0) is 31.0 Å². The number of esters is 1. The van der Waals surface area contributed by atoms with Crippen molar-refractivity contribution in [2.24, 2.45) is 0 Å². The molecule has 0 unspecified atom stereocenters. The molecule has 2 aliphatic rings. The van der Waals surface area contributed by atoms with Gasteiger partial charge in [-0.15, -0.1) is 0 Å². The Kier molecular flexibility index (Phi) is 6.41. The average Bonchev–Trinajstić information content (AvgIpc) is 3.33. The number of nitrogens with one attached hydrogen (secondary N) is 1. The smallest absolute Gasteiger partial charge is 0.336 e. The highest BCUT2D eigenvalue weighted by molar-refractivity contribution is 6.04. The summed E-state index contributed by atoms with van der Waals surface area (Å²) >= 11 is 0.